The van der Waals surface area contributed by atoms with Crippen molar-refractivity contribution in [1.29, 1.82) is 0 Å². The van der Waals surface area contributed by atoms with Crippen LogP contribution in [0.15, 0.2) is 48.7 Å². The van der Waals surface area contributed by atoms with Crippen LogP contribution in [0.1, 0.15) is 25.0 Å². The maximum atomic E-state index is 12.3. The molecule has 1 aromatic carbocycles. The zero-order valence-electron chi connectivity index (χ0n) is 17.4. The molecule has 1 saturated heterocycles. The standard InChI is InChI=1S/C22H28N4O5/c1-30-17-7-5-15(6-8-17)25-22(29)26-19-10-9-18(31-20(19)14-27)12-21(28)24-13-16-4-2-3-11-23-16/h2-8,11,18-20,27H,9-10,12-14H2,1H3,(H,24,28)(H2,25,26,29)/t18-,19-,20-/m0/s1. The van der Waals surface area contributed by atoms with E-state index in [1.807, 2.05) is 18.2 Å². The molecule has 3 atom stereocenters. The van der Waals surface area contributed by atoms with Crippen molar-refractivity contribution in [3.05, 3.63) is 54.4 Å². The number of carbonyl (C=O) groups is 2. The highest BCUT2D eigenvalue weighted by Crippen LogP contribution is 2.22. The van der Waals surface area contributed by atoms with Crippen molar-refractivity contribution in [2.75, 3.05) is 19.0 Å². The van der Waals surface area contributed by atoms with E-state index in [0.29, 0.717) is 30.8 Å². The zero-order valence-corrected chi connectivity index (χ0v) is 17.4. The summed E-state index contributed by atoms with van der Waals surface area (Å²) in [6.45, 7) is 0.102. The summed E-state index contributed by atoms with van der Waals surface area (Å²) in [5.74, 6) is 0.554. The maximum Gasteiger partial charge on any atom is 0.319 e. The number of urea groups is 1. The monoisotopic (exact) mass is 428 g/mol. The van der Waals surface area contributed by atoms with Gasteiger partial charge in [0, 0.05) is 11.9 Å². The van der Waals surface area contributed by atoms with E-state index < -0.39 is 6.10 Å². The summed E-state index contributed by atoms with van der Waals surface area (Å²) < 4.78 is 11.0. The number of hydrogen-bond acceptors (Lipinski definition) is 6. The van der Waals surface area contributed by atoms with Crippen LogP contribution in [-0.4, -0.2) is 54.0 Å². The number of rotatable bonds is 8. The van der Waals surface area contributed by atoms with E-state index in [9.17, 15) is 14.7 Å². The molecule has 31 heavy (non-hydrogen) atoms. The molecule has 1 aromatic heterocycles. The summed E-state index contributed by atoms with van der Waals surface area (Å²) >= 11 is 0. The normalized spacial score (nSPS) is 20.5. The van der Waals surface area contributed by atoms with Gasteiger partial charge in [0.2, 0.25) is 5.91 Å². The summed E-state index contributed by atoms with van der Waals surface area (Å²) in [7, 11) is 1.57. The number of pyridine rings is 1. The van der Waals surface area contributed by atoms with Crippen LogP contribution in [0.3, 0.4) is 0 Å². The average Bonchev–Trinajstić information content (AvgIpc) is 2.80. The summed E-state index contributed by atoms with van der Waals surface area (Å²) in [5, 5.41) is 18.1. The molecule has 0 saturated carbocycles. The lowest BCUT2D eigenvalue weighted by Gasteiger charge is -2.35. The minimum Gasteiger partial charge on any atom is -0.497 e. The maximum absolute atomic E-state index is 12.3. The van der Waals surface area contributed by atoms with Crippen LogP contribution in [0.25, 0.3) is 0 Å². The third-order valence-corrected chi connectivity index (χ3v) is 5.07. The molecular formula is C22H28N4O5. The molecule has 0 unspecified atom stereocenters. The van der Waals surface area contributed by atoms with Crippen LogP contribution in [0.4, 0.5) is 10.5 Å². The molecule has 3 amide bonds. The Balaban J connectivity index is 1.43. The van der Waals surface area contributed by atoms with Crippen LogP contribution >= 0.6 is 0 Å². The second-order valence-electron chi connectivity index (χ2n) is 7.29. The number of aliphatic hydroxyl groups excluding tert-OH is 1. The molecule has 2 heterocycles. The van der Waals surface area contributed by atoms with Crippen molar-refractivity contribution in [2.45, 2.75) is 44.1 Å². The molecule has 0 aliphatic carbocycles. The Morgan fingerprint density at radius 3 is 2.68 bits per heavy atom. The molecular weight excluding hydrogens is 400 g/mol. The van der Waals surface area contributed by atoms with E-state index >= 15 is 0 Å². The first kappa shape index (κ1) is 22.5. The van der Waals surface area contributed by atoms with Crippen molar-refractivity contribution < 1.29 is 24.2 Å². The second-order valence-corrected chi connectivity index (χ2v) is 7.29. The Labute approximate surface area is 181 Å². The van der Waals surface area contributed by atoms with Crippen LogP contribution in [0, 0.1) is 0 Å². The van der Waals surface area contributed by atoms with Crippen molar-refractivity contribution in [1.82, 2.24) is 15.6 Å². The number of ether oxygens (including phenoxy) is 2. The first-order valence-electron chi connectivity index (χ1n) is 10.2. The average molecular weight is 428 g/mol. The number of hydrogen-bond donors (Lipinski definition) is 4. The number of benzene rings is 1. The van der Waals surface area contributed by atoms with E-state index in [4.69, 9.17) is 9.47 Å². The molecule has 1 fully saturated rings. The molecule has 2 aromatic rings. The van der Waals surface area contributed by atoms with Crippen molar-refractivity contribution >= 4 is 17.6 Å². The fourth-order valence-corrected chi connectivity index (χ4v) is 3.43. The Bertz CT molecular complexity index is 847. The molecule has 0 radical (unpaired) electrons. The van der Waals surface area contributed by atoms with Crippen LogP contribution in [0.5, 0.6) is 5.75 Å². The number of aromatic nitrogens is 1. The highest BCUT2D eigenvalue weighted by atomic mass is 16.5. The Kier molecular flexibility index (Phi) is 8.19. The molecule has 9 nitrogen and oxygen atoms in total. The van der Waals surface area contributed by atoms with Gasteiger partial charge in [-0.15, -0.1) is 0 Å². The fourth-order valence-electron chi connectivity index (χ4n) is 3.43. The van der Waals surface area contributed by atoms with Gasteiger partial charge in [0.15, 0.2) is 0 Å². The van der Waals surface area contributed by atoms with Gasteiger partial charge >= 0.3 is 6.03 Å². The summed E-state index contributed by atoms with van der Waals surface area (Å²) in [4.78, 5) is 28.7. The first-order chi connectivity index (χ1) is 15.1. The largest absolute Gasteiger partial charge is 0.497 e. The zero-order chi connectivity index (χ0) is 22.1. The highest BCUT2D eigenvalue weighted by Gasteiger charge is 2.32. The van der Waals surface area contributed by atoms with Crippen molar-refractivity contribution in [2.24, 2.45) is 0 Å². The molecule has 0 spiro atoms. The Morgan fingerprint density at radius 2 is 2.00 bits per heavy atom. The summed E-state index contributed by atoms with van der Waals surface area (Å²) in [5.41, 5.74) is 1.40. The molecule has 166 valence electrons. The number of carbonyl (C=O) groups excluding carboxylic acids is 2. The van der Waals surface area contributed by atoms with Gasteiger partial charge < -0.3 is 30.5 Å². The predicted molar refractivity (Wildman–Crippen MR) is 115 cm³/mol. The van der Waals surface area contributed by atoms with Gasteiger partial charge in [-0.1, -0.05) is 6.07 Å². The first-order valence-corrected chi connectivity index (χ1v) is 10.2. The van der Waals surface area contributed by atoms with Crippen LogP contribution < -0.4 is 20.7 Å². The van der Waals surface area contributed by atoms with E-state index in [1.54, 1.807) is 37.6 Å². The van der Waals surface area contributed by atoms with Gasteiger partial charge in [-0.25, -0.2) is 4.79 Å². The fraction of sp³-hybridized carbons (Fsp3) is 0.409. The Hall–Kier alpha value is -3.17. The summed E-state index contributed by atoms with van der Waals surface area (Å²) in [6, 6.07) is 11.8. The van der Waals surface area contributed by atoms with Crippen LogP contribution in [-0.2, 0) is 16.1 Å². The van der Waals surface area contributed by atoms with Gasteiger partial charge in [0.1, 0.15) is 11.9 Å². The quantitative estimate of drug-likeness (QED) is 0.509. The second kappa shape index (κ2) is 11.3. The number of anilines is 1. The van der Waals surface area contributed by atoms with Gasteiger partial charge in [-0.3, -0.25) is 9.78 Å². The minimum absolute atomic E-state index is 0.143. The van der Waals surface area contributed by atoms with E-state index in [2.05, 4.69) is 20.9 Å². The number of amides is 3. The third-order valence-electron chi connectivity index (χ3n) is 5.07. The van der Waals surface area contributed by atoms with E-state index in [-0.39, 0.29) is 37.1 Å². The number of methoxy groups -OCH3 is 1. The van der Waals surface area contributed by atoms with E-state index in [0.717, 1.165) is 5.69 Å². The van der Waals surface area contributed by atoms with Gasteiger partial charge in [-0.2, -0.15) is 0 Å². The SMILES string of the molecule is COc1ccc(NC(=O)N[C@H]2CC[C@@H](CC(=O)NCc3ccccn3)O[C@H]2CO)cc1. The van der Waals surface area contributed by atoms with Crippen molar-refractivity contribution in [3.63, 3.8) is 0 Å². The lowest BCUT2D eigenvalue weighted by atomic mass is 9.97. The van der Waals surface area contributed by atoms with Gasteiger partial charge in [0.05, 0.1) is 44.5 Å². The predicted octanol–water partition coefficient (Wildman–Crippen LogP) is 1.83. The summed E-state index contributed by atoms with van der Waals surface area (Å²) in [6.07, 6.45) is 2.16. The topological polar surface area (TPSA) is 122 Å². The molecule has 1 aliphatic heterocycles. The molecule has 1 aliphatic rings. The van der Waals surface area contributed by atoms with Gasteiger partial charge in [0.25, 0.3) is 0 Å². The number of aliphatic hydroxyl groups is 1. The minimum atomic E-state index is -0.580. The van der Waals surface area contributed by atoms with Crippen LogP contribution in [0.2, 0.25) is 0 Å². The van der Waals surface area contributed by atoms with E-state index in [1.165, 1.54) is 0 Å². The lowest BCUT2D eigenvalue weighted by molar-refractivity contribution is -0.130. The van der Waals surface area contributed by atoms with Gasteiger partial charge in [-0.05, 0) is 49.2 Å². The Morgan fingerprint density at radius 1 is 1.19 bits per heavy atom. The molecule has 0 bridgehead atoms. The molecule has 3 rings (SSSR count). The van der Waals surface area contributed by atoms with Crippen molar-refractivity contribution in [3.8, 4) is 5.75 Å². The number of nitrogens with one attached hydrogen (secondary N) is 3. The highest BCUT2D eigenvalue weighted by molar-refractivity contribution is 5.89. The third kappa shape index (κ3) is 6.94. The number of nitrogens with zero attached hydrogens (tertiary/aromatic N) is 1. The smallest absolute Gasteiger partial charge is 0.319 e. The molecule has 9 heteroatoms. The molecule has 4 N–H and O–H groups in total. The lowest BCUT2D eigenvalue weighted by Crippen LogP contribution is -2.52.